The molecule has 106 valence electrons. The van der Waals surface area contributed by atoms with E-state index in [2.05, 4.69) is 62.0 Å². The van der Waals surface area contributed by atoms with Crippen LogP contribution in [0.2, 0.25) is 0 Å². The molecule has 19 heavy (non-hydrogen) atoms. The first kappa shape index (κ1) is 15.9. The Kier molecular flexibility index (Phi) is 7.46. The van der Waals surface area contributed by atoms with Crippen molar-refractivity contribution in [1.29, 1.82) is 0 Å². The molecule has 1 rings (SSSR count). The number of hydrogen-bond acceptors (Lipinski definition) is 2. The van der Waals surface area contributed by atoms with Crippen molar-refractivity contribution < 1.29 is 0 Å². The fourth-order valence-corrected chi connectivity index (χ4v) is 2.17. The maximum Gasteiger partial charge on any atom is 0.0234 e. The van der Waals surface area contributed by atoms with Crippen molar-refractivity contribution in [1.82, 2.24) is 10.2 Å². The van der Waals surface area contributed by atoms with E-state index in [9.17, 15) is 0 Å². The topological polar surface area (TPSA) is 15.3 Å². The number of benzene rings is 1. The molecule has 1 aromatic rings. The number of likely N-dealkylation sites (N-methyl/N-ethyl adjacent to an activating group) is 1. The third kappa shape index (κ3) is 7.14. The van der Waals surface area contributed by atoms with Gasteiger partial charge in [-0.1, -0.05) is 43.3 Å². The van der Waals surface area contributed by atoms with Crippen molar-refractivity contribution in [3.05, 3.63) is 47.5 Å². The summed E-state index contributed by atoms with van der Waals surface area (Å²) in [5.41, 5.74) is 3.99. The zero-order valence-corrected chi connectivity index (χ0v) is 12.7. The molecule has 1 N–H and O–H groups in total. The van der Waals surface area contributed by atoms with E-state index in [1.165, 1.54) is 23.1 Å². The number of hydrogen-bond donors (Lipinski definition) is 1. The summed E-state index contributed by atoms with van der Waals surface area (Å²) >= 11 is 0. The van der Waals surface area contributed by atoms with Crippen molar-refractivity contribution in [2.24, 2.45) is 0 Å². The second-order valence-electron chi connectivity index (χ2n) is 5.45. The van der Waals surface area contributed by atoms with Gasteiger partial charge < -0.3 is 5.32 Å². The Morgan fingerprint density at radius 2 is 1.79 bits per heavy atom. The summed E-state index contributed by atoms with van der Waals surface area (Å²) in [6.07, 6.45) is 2.32. The van der Waals surface area contributed by atoms with Gasteiger partial charge in [0.05, 0.1) is 0 Å². The molecule has 0 saturated carbocycles. The molecule has 0 saturated heterocycles. The first-order valence-corrected chi connectivity index (χ1v) is 7.23. The van der Waals surface area contributed by atoms with Crippen molar-refractivity contribution in [2.75, 3.05) is 26.7 Å². The van der Waals surface area contributed by atoms with Gasteiger partial charge in [-0.2, -0.15) is 0 Å². The van der Waals surface area contributed by atoms with E-state index in [0.29, 0.717) is 0 Å². The molecule has 0 aliphatic heterocycles. The van der Waals surface area contributed by atoms with Gasteiger partial charge in [-0.25, -0.2) is 0 Å². The molecule has 0 spiro atoms. The fourth-order valence-electron chi connectivity index (χ4n) is 2.17. The lowest BCUT2D eigenvalue weighted by Gasteiger charge is -2.16. The number of nitrogens with one attached hydrogen (secondary N) is 1. The highest BCUT2D eigenvalue weighted by Gasteiger charge is 2.00. The minimum atomic E-state index is 0.961. The first-order valence-electron chi connectivity index (χ1n) is 7.23. The van der Waals surface area contributed by atoms with E-state index in [4.69, 9.17) is 0 Å². The maximum atomic E-state index is 3.95. The van der Waals surface area contributed by atoms with Gasteiger partial charge in [0.25, 0.3) is 0 Å². The second kappa shape index (κ2) is 8.89. The van der Waals surface area contributed by atoms with Gasteiger partial charge in [0, 0.05) is 13.1 Å². The predicted octanol–water partition coefficient (Wildman–Crippen LogP) is 3.24. The predicted molar refractivity (Wildman–Crippen MR) is 84.5 cm³/mol. The second-order valence-corrected chi connectivity index (χ2v) is 5.45. The summed E-state index contributed by atoms with van der Waals surface area (Å²) in [5.74, 6) is 0. The molecule has 2 heteroatoms. The zero-order valence-electron chi connectivity index (χ0n) is 12.7. The summed E-state index contributed by atoms with van der Waals surface area (Å²) in [6, 6.07) is 8.98. The summed E-state index contributed by atoms with van der Waals surface area (Å²) < 4.78 is 0. The van der Waals surface area contributed by atoms with Gasteiger partial charge in [0.1, 0.15) is 0 Å². The average molecular weight is 260 g/mol. The fraction of sp³-hybridized carbons (Fsp3) is 0.529. The van der Waals surface area contributed by atoms with Crippen molar-refractivity contribution in [2.45, 2.75) is 33.2 Å². The van der Waals surface area contributed by atoms with Crippen LogP contribution in [-0.4, -0.2) is 31.6 Å². The Hall–Kier alpha value is -1.12. The maximum absolute atomic E-state index is 3.95. The van der Waals surface area contributed by atoms with Crippen LogP contribution in [0.1, 0.15) is 31.4 Å². The van der Waals surface area contributed by atoms with Gasteiger partial charge in [0.15, 0.2) is 0 Å². The minimum absolute atomic E-state index is 0.961. The van der Waals surface area contributed by atoms with Crippen LogP contribution in [-0.2, 0) is 13.0 Å². The largest absolute Gasteiger partial charge is 0.316 e. The number of rotatable bonds is 9. The molecule has 0 aromatic heterocycles. The van der Waals surface area contributed by atoms with E-state index in [1.54, 1.807) is 0 Å². The van der Waals surface area contributed by atoms with E-state index in [-0.39, 0.29) is 0 Å². The van der Waals surface area contributed by atoms with Crippen molar-refractivity contribution >= 4 is 0 Å². The normalized spacial score (nSPS) is 10.9. The minimum Gasteiger partial charge on any atom is -0.316 e. The molecule has 0 fully saturated rings. The van der Waals surface area contributed by atoms with E-state index < -0.39 is 0 Å². The highest BCUT2D eigenvalue weighted by molar-refractivity contribution is 5.22. The van der Waals surface area contributed by atoms with Crippen LogP contribution in [0.3, 0.4) is 0 Å². The summed E-state index contributed by atoms with van der Waals surface area (Å²) in [7, 11) is 2.14. The van der Waals surface area contributed by atoms with Gasteiger partial charge in [-0.05, 0) is 51.0 Å². The van der Waals surface area contributed by atoms with Crippen LogP contribution < -0.4 is 5.32 Å². The molecule has 2 nitrogen and oxygen atoms in total. The molecule has 1 aromatic carbocycles. The summed E-state index contributed by atoms with van der Waals surface area (Å²) in [5, 5.41) is 3.43. The van der Waals surface area contributed by atoms with Gasteiger partial charge >= 0.3 is 0 Å². The van der Waals surface area contributed by atoms with Crippen LogP contribution >= 0.6 is 0 Å². The highest BCUT2D eigenvalue weighted by atomic mass is 15.1. The number of nitrogens with zero attached hydrogens (tertiary/aromatic N) is 1. The highest BCUT2D eigenvalue weighted by Crippen LogP contribution is 2.08. The molecule has 0 amide bonds. The molecule has 0 unspecified atom stereocenters. The molecule has 0 aliphatic carbocycles. The molecule has 0 heterocycles. The molecule has 0 atom stereocenters. The Labute approximate surface area is 118 Å². The standard InChI is InChI=1S/C17H28N2/c1-5-11-18-12-10-16-6-8-17(9-7-16)14-19(4)13-15(2)3/h6-9,18H,2,5,10-14H2,1,3-4H3. The molecular weight excluding hydrogens is 232 g/mol. The third-order valence-corrected chi connectivity index (χ3v) is 3.03. The Balaban J connectivity index is 2.36. The van der Waals surface area contributed by atoms with Gasteiger partial charge in [0.2, 0.25) is 0 Å². The SMILES string of the molecule is C=C(C)CN(C)Cc1ccc(CCNCCC)cc1. The van der Waals surface area contributed by atoms with Crippen LogP contribution in [0.4, 0.5) is 0 Å². The Morgan fingerprint density at radius 1 is 1.16 bits per heavy atom. The van der Waals surface area contributed by atoms with E-state index in [1.807, 2.05) is 0 Å². The zero-order chi connectivity index (χ0) is 14.1. The molecule has 0 bridgehead atoms. The Morgan fingerprint density at radius 3 is 2.37 bits per heavy atom. The smallest absolute Gasteiger partial charge is 0.0234 e. The van der Waals surface area contributed by atoms with Crippen molar-refractivity contribution in [3.63, 3.8) is 0 Å². The summed E-state index contributed by atoms with van der Waals surface area (Å²) in [6.45, 7) is 12.4. The van der Waals surface area contributed by atoms with Crippen LogP contribution in [0.15, 0.2) is 36.4 Å². The molecular formula is C17H28N2. The van der Waals surface area contributed by atoms with Gasteiger partial charge in [-0.3, -0.25) is 4.90 Å². The quantitative estimate of drug-likeness (QED) is 0.542. The lowest BCUT2D eigenvalue weighted by molar-refractivity contribution is 0.355. The van der Waals surface area contributed by atoms with Crippen LogP contribution in [0.5, 0.6) is 0 Å². The third-order valence-electron chi connectivity index (χ3n) is 3.03. The molecule has 0 aliphatic rings. The Bertz CT molecular complexity index is 367. The van der Waals surface area contributed by atoms with E-state index >= 15 is 0 Å². The van der Waals surface area contributed by atoms with Gasteiger partial charge in [-0.15, -0.1) is 0 Å². The van der Waals surface area contributed by atoms with Crippen LogP contribution in [0, 0.1) is 0 Å². The average Bonchev–Trinajstić information content (AvgIpc) is 2.35. The first-order chi connectivity index (χ1) is 9.11. The lowest BCUT2D eigenvalue weighted by atomic mass is 10.1. The van der Waals surface area contributed by atoms with Crippen LogP contribution in [0.25, 0.3) is 0 Å². The van der Waals surface area contributed by atoms with Crippen molar-refractivity contribution in [3.8, 4) is 0 Å². The summed E-state index contributed by atoms with van der Waals surface area (Å²) in [4.78, 5) is 2.29. The van der Waals surface area contributed by atoms with E-state index in [0.717, 1.165) is 32.6 Å². The monoisotopic (exact) mass is 260 g/mol. The lowest BCUT2D eigenvalue weighted by Crippen LogP contribution is -2.19. The molecule has 0 radical (unpaired) electrons.